The van der Waals surface area contributed by atoms with Gasteiger partial charge >= 0.3 is 0 Å². The summed E-state index contributed by atoms with van der Waals surface area (Å²) in [6, 6.07) is 5.15. The van der Waals surface area contributed by atoms with Crippen LogP contribution >= 0.6 is 0 Å². The summed E-state index contributed by atoms with van der Waals surface area (Å²) in [6.07, 6.45) is 3.29. The van der Waals surface area contributed by atoms with Crippen molar-refractivity contribution in [3.8, 4) is 0 Å². The maximum Gasteiger partial charge on any atom is 0.129 e. The van der Waals surface area contributed by atoms with E-state index in [1.54, 1.807) is 6.07 Å². The first-order chi connectivity index (χ1) is 7.14. The molecule has 2 heteroatoms. The molecule has 2 unspecified atom stereocenters. The average Bonchev–Trinajstić information content (AvgIpc) is 2.63. The highest BCUT2D eigenvalue weighted by molar-refractivity contribution is 5.36. The zero-order valence-electron chi connectivity index (χ0n) is 8.83. The molecule has 0 spiro atoms. The van der Waals surface area contributed by atoms with Crippen LogP contribution in [0.5, 0.6) is 0 Å². The van der Waals surface area contributed by atoms with Gasteiger partial charge in [-0.2, -0.15) is 0 Å². The van der Waals surface area contributed by atoms with Crippen LogP contribution in [0, 0.1) is 24.6 Å². The van der Waals surface area contributed by atoms with Crippen LogP contribution in [0.1, 0.15) is 30.4 Å². The molecule has 2 aliphatic carbocycles. The molecule has 2 fully saturated rings. The minimum Gasteiger partial charge on any atom is -0.384 e. The lowest BCUT2D eigenvalue weighted by atomic mass is 9.97. The Bertz CT molecular complexity index is 403. The first-order valence-electron chi connectivity index (χ1n) is 5.63. The smallest absolute Gasteiger partial charge is 0.129 e. The van der Waals surface area contributed by atoms with E-state index in [1.165, 1.54) is 12.5 Å². The van der Waals surface area contributed by atoms with Gasteiger partial charge in [0.2, 0.25) is 0 Å². The molecule has 80 valence electrons. The number of aryl methyl sites for hydroxylation is 1. The van der Waals surface area contributed by atoms with E-state index in [2.05, 4.69) is 0 Å². The number of hydrogen-bond donors (Lipinski definition) is 1. The minimum atomic E-state index is -0.837. The van der Waals surface area contributed by atoms with E-state index in [9.17, 15) is 9.50 Å². The van der Waals surface area contributed by atoms with Crippen LogP contribution in [0.4, 0.5) is 4.39 Å². The fourth-order valence-corrected chi connectivity index (χ4v) is 3.27. The van der Waals surface area contributed by atoms with Crippen LogP contribution in [-0.2, 0) is 5.60 Å². The third-order valence-electron chi connectivity index (χ3n) is 4.09. The molecule has 1 nitrogen and oxygen atoms in total. The quantitative estimate of drug-likeness (QED) is 0.749. The van der Waals surface area contributed by atoms with Gasteiger partial charge < -0.3 is 5.11 Å². The van der Waals surface area contributed by atoms with Crippen molar-refractivity contribution >= 4 is 0 Å². The Kier molecular flexibility index (Phi) is 1.76. The number of fused-ring (bicyclic) bond motifs is 1. The summed E-state index contributed by atoms with van der Waals surface area (Å²) in [5.41, 5.74) is 0.587. The van der Waals surface area contributed by atoms with Gasteiger partial charge in [0, 0.05) is 5.56 Å². The monoisotopic (exact) mass is 206 g/mol. The van der Waals surface area contributed by atoms with E-state index >= 15 is 0 Å². The molecule has 1 N–H and O–H groups in total. The summed E-state index contributed by atoms with van der Waals surface area (Å²) in [6.45, 7) is 1.87. The summed E-state index contributed by atoms with van der Waals surface area (Å²) in [5, 5.41) is 10.4. The Morgan fingerprint density at radius 2 is 2.00 bits per heavy atom. The number of benzene rings is 1. The second-order valence-corrected chi connectivity index (χ2v) is 4.95. The normalized spacial score (nSPS) is 37.8. The second kappa shape index (κ2) is 2.82. The first kappa shape index (κ1) is 9.34. The lowest BCUT2D eigenvalue weighted by Gasteiger charge is -2.15. The standard InChI is InChI=1S/C13H15FO/c1-8-5-6-11(12(14)7-8)13(15)9-3-2-4-10(9)13/h5-7,9-10,15H,2-4H2,1H3. The van der Waals surface area contributed by atoms with E-state index in [-0.39, 0.29) is 5.82 Å². The van der Waals surface area contributed by atoms with Gasteiger partial charge in [0.05, 0.1) is 5.60 Å². The molecule has 0 heterocycles. The fraction of sp³-hybridized carbons (Fsp3) is 0.538. The van der Waals surface area contributed by atoms with Gasteiger partial charge in [0.1, 0.15) is 5.82 Å². The van der Waals surface area contributed by atoms with Gasteiger partial charge in [-0.1, -0.05) is 18.6 Å². The summed E-state index contributed by atoms with van der Waals surface area (Å²) in [7, 11) is 0. The van der Waals surface area contributed by atoms with Crippen molar-refractivity contribution in [2.75, 3.05) is 0 Å². The predicted octanol–water partition coefficient (Wildman–Crippen LogP) is 2.75. The Labute approximate surface area is 88.9 Å². The predicted molar refractivity (Wildman–Crippen MR) is 55.9 cm³/mol. The van der Waals surface area contributed by atoms with Crippen molar-refractivity contribution < 1.29 is 9.50 Å². The van der Waals surface area contributed by atoms with Crippen molar-refractivity contribution in [2.45, 2.75) is 31.8 Å². The minimum absolute atomic E-state index is 0.244. The number of aliphatic hydroxyl groups is 1. The van der Waals surface area contributed by atoms with Gasteiger partial charge in [0.15, 0.2) is 0 Å². The largest absolute Gasteiger partial charge is 0.384 e. The molecule has 0 aliphatic heterocycles. The highest BCUT2D eigenvalue weighted by atomic mass is 19.1. The summed E-state index contributed by atoms with van der Waals surface area (Å²) >= 11 is 0. The van der Waals surface area contributed by atoms with Crippen LogP contribution in [0.3, 0.4) is 0 Å². The van der Waals surface area contributed by atoms with E-state index in [0.29, 0.717) is 17.4 Å². The van der Waals surface area contributed by atoms with Gasteiger partial charge in [0.25, 0.3) is 0 Å². The maximum atomic E-state index is 13.7. The Morgan fingerprint density at radius 3 is 2.60 bits per heavy atom. The summed E-state index contributed by atoms with van der Waals surface area (Å²) < 4.78 is 13.7. The van der Waals surface area contributed by atoms with Gasteiger partial charge in [-0.15, -0.1) is 0 Å². The number of rotatable bonds is 1. The average molecular weight is 206 g/mol. The van der Waals surface area contributed by atoms with Crippen LogP contribution in [-0.4, -0.2) is 5.11 Å². The molecule has 0 amide bonds. The molecule has 1 aromatic rings. The topological polar surface area (TPSA) is 20.2 Å². The van der Waals surface area contributed by atoms with E-state index in [0.717, 1.165) is 18.4 Å². The SMILES string of the molecule is Cc1ccc(C2(O)C3CCCC32)c(F)c1. The highest BCUT2D eigenvalue weighted by Gasteiger charge is 2.66. The third-order valence-corrected chi connectivity index (χ3v) is 4.09. The molecular formula is C13H15FO. The Morgan fingerprint density at radius 1 is 1.33 bits per heavy atom. The maximum absolute atomic E-state index is 13.7. The van der Waals surface area contributed by atoms with Crippen LogP contribution in [0.25, 0.3) is 0 Å². The van der Waals surface area contributed by atoms with Gasteiger partial charge in [-0.05, 0) is 43.2 Å². The molecule has 15 heavy (non-hydrogen) atoms. The van der Waals surface area contributed by atoms with Crippen LogP contribution < -0.4 is 0 Å². The molecule has 2 aliphatic rings. The van der Waals surface area contributed by atoms with Crippen molar-refractivity contribution in [1.82, 2.24) is 0 Å². The van der Waals surface area contributed by atoms with Crippen molar-refractivity contribution in [3.05, 3.63) is 35.1 Å². The second-order valence-electron chi connectivity index (χ2n) is 4.95. The molecule has 0 radical (unpaired) electrons. The number of hydrogen-bond acceptors (Lipinski definition) is 1. The van der Waals surface area contributed by atoms with Crippen molar-refractivity contribution in [3.63, 3.8) is 0 Å². The first-order valence-corrected chi connectivity index (χ1v) is 5.63. The molecule has 0 bridgehead atoms. The lowest BCUT2D eigenvalue weighted by molar-refractivity contribution is 0.101. The Hall–Kier alpha value is -0.890. The van der Waals surface area contributed by atoms with Crippen LogP contribution in [0.15, 0.2) is 18.2 Å². The number of halogens is 1. The molecule has 2 saturated carbocycles. The zero-order valence-corrected chi connectivity index (χ0v) is 8.83. The third kappa shape index (κ3) is 1.11. The van der Waals surface area contributed by atoms with Gasteiger partial charge in [-0.25, -0.2) is 4.39 Å². The highest BCUT2D eigenvalue weighted by Crippen LogP contribution is 2.66. The molecule has 0 aromatic heterocycles. The molecular weight excluding hydrogens is 191 g/mol. The van der Waals surface area contributed by atoms with E-state index in [4.69, 9.17) is 0 Å². The zero-order chi connectivity index (χ0) is 10.6. The molecule has 1 aromatic carbocycles. The summed E-state index contributed by atoms with van der Waals surface area (Å²) in [5.74, 6) is 0.385. The molecule has 2 atom stereocenters. The fourth-order valence-electron chi connectivity index (χ4n) is 3.27. The molecule has 3 rings (SSSR count). The van der Waals surface area contributed by atoms with Crippen molar-refractivity contribution in [2.24, 2.45) is 11.8 Å². The van der Waals surface area contributed by atoms with E-state index < -0.39 is 5.60 Å². The lowest BCUT2D eigenvalue weighted by Crippen LogP contribution is -2.15. The molecule has 0 saturated heterocycles. The van der Waals surface area contributed by atoms with Gasteiger partial charge in [-0.3, -0.25) is 0 Å². The van der Waals surface area contributed by atoms with E-state index in [1.807, 2.05) is 13.0 Å². The Balaban J connectivity index is 2.00. The summed E-state index contributed by atoms with van der Waals surface area (Å²) in [4.78, 5) is 0. The van der Waals surface area contributed by atoms with Crippen molar-refractivity contribution in [1.29, 1.82) is 0 Å². The van der Waals surface area contributed by atoms with Crippen LogP contribution in [0.2, 0.25) is 0 Å².